The van der Waals surface area contributed by atoms with Crippen LogP contribution in [0.25, 0.3) is 0 Å². The van der Waals surface area contributed by atoms with Crippen LogP contribution < -0.4 is 0 Å². The van der Waals surface area contributed by atoms with Gasteiger partial charge >= 0.3 is 5.97 Å². The summed E-state index contributed by atoms with van der Waals surface area (Å²) >= 11 is 0. The number of aliphatic carboxylic acids is 1. The van der Waals surface area contributed by atoms with Gasteiger partial charge in [-0.25, -0.2) is 0 Å². The van der Waals surface area contributed by atoms with Gasteiger partial charge in [-0.05, 0) is 0 Å². The van der Waals surface area contributed by atoms with Crippen LogP contribution in [0, 0.1) is 11.8 Å². The highest BCUT2D eigenvalue weighted by Crippen LogP contribution is 2.23. The summed E-state index contributed by atoms with van der Waals surface area (Å²) in [7, 11) is 0. The number of carbonyl (C=O) groups excluding carboxylic acids is 3. The highest BCUT2D eigenvalue weighted by atomic mass is 16.4. The molecule has 2 unspecified atom stereocenters. The van der Waals surface area contributed by atoms with Crippen LogP contribution in [0.15, 0.2) is 0 Å². The molecule has 0 aliphatic heterocycles. The summed E-state index contributed by atoms with van der Waals surface area (Å²) in [6, 6.07) is 0. The van der Waals surface area contributed by atoms with Crippen molar-refractivity contribution < 1.29 is 24.3 Å². The minimum atomic E-state index is -1.52. The van der Waals surface area contributed by atoms with Gasteiger partial charge in [0.25, 0.3) is 0 Å². The van der Waals surface area contributed by atoms with E-state index >= 15 is 0 Å². The molecule has 0 saturated heterocycles. The number of ketones is 2. The summed E-state index contributed by atoms with van der Waals surface area (Å²) in [6.45, 7) is 0. The molecule has 1 aliphatic rings. The molecule has 0 bridgehead atoms. The summed E-state index contributed by atoms with van der Waals surface area (Å²) in [5.74, 6) is -5.42. The zero-order chi connectivity index (χ0) is 10.0. The number of carbonyl (C=O) groups is 3. The first-order chi connectivity index (χ1) is 6.07. The van der Waals surface area contributed by atoms with Gasteiger partial charge < -0.3 is 5.11 Å². The van der Waals surface area contributed by atoms with Crippen LogP contribution in [0.1, 0.15) is 12.8 Å². The fourth-order valence-electron chi connectivity index (χ4n) is 1.34. The quantitative estimate of drug-likeness (QED) is 0.574. The molecule has 1 rings (SSSR count). The Hall–Kier alpha value is -1.52. The maximum atomic E-state index is 11.0. The van der Waals surface area contributed by atoms with Crippen molar-refractivity contribution in [3.63, 3.8) is 0 Å². The van der Waals surface area contributed by atoms with Crippen molar-refractivity contribution in [1.82, 2.24) is 0 Å². The molecule has 0 aromatic carbocycles. The van der Waals surface area contributed by atoms with Crippen molar-refractivity contribution >= 4 is 23.8 Å². The first kappa shape index (κ1) is 9.57. The standard InChI is InChI=1S/C8H7O5/c9-3-4-5(10)1-2-6(11)7(4)8(12)13/h4,7H,1-2H2,(H,12,13). The third-order valence-electron chi connectivity index (χ3n) is 2.04. The second-order valence-electron chi connectivity index (χ2n) is 2.84. The maximum absolute atomic E-state index is 11.0. The van der Waals surface area contributed by atoms with E-state index in [0.29, 0.717) is 0 Å². The smallest absolute Gasteiger partial charge is 0.315 e. The van der Waals surface area contributed by atoms with E-state index in [1.54, 1.807) is 0 Å². The molecule has 0 aromatic heterocycles. The fraction of sp³-hybridized carbons (Fsp3) is 0.500. The van der Waals surface area contributed by atoms with Crippen molar-refractivity contribution in [2.45, 2.75) is 12.8 Å². The van der Waals surface area contributed by atoms with Gasteiger partial charge in [-0.15, -0.1) is 0 Å². The summed E-state index contributed by atoms with van der Waals surface area (Å²) in [5, 5.41) is 8.58. The van der Waals surface area contributed by atoms with Crippen LogP contribution in [0.3, 0.4) is 0 Å². The Balaban J connectivity index is 2.96. The molecule has 5 nitrogen and oxygen atoms in total. The Labute approximate surface area is 73.7 Å². The number of carboxylic acids is 1. The van der Waals surface area contributed by atoms with Crippen LogP contribution in [-0.2, 0) is 19.2 Å². The first-order valence-corrected chi connectivity index (χ1v) is 3.74. The van der Waals surface area contributed by atoms with Crippen molar-refractivity contribution in [2.75, 3.05) is 0 Å². The zero-order valence-electron chi connectivity index (χ0n) is 6.65. The van der Waals surface area contributed by atoms with Gasteiger partial charge in [0.05, 0.1) is 0 Å². The average molecular weight is 183 g/mol. The zero-order valence-corrected chi connectivity index (χ0v) is 6.65. The number of hydrogen-bond donors (Lipinski definition) is 1. The molecule has 0 spiro atoms. The Morgan fingerprint density at radius 2 is 1.85 bits per heavy atom. The van der Waals surface area contributed by atoms with E-state index in [9.17, 15) is 19.2 Å². The molecule has 13 heavy (non-hydrogen) atoms. The van der Waals surface area contributed by atoms with Gasteiger partial charge in [0.15, 0.2) is 0 Å². The molecule has 1 N–H and O–H groups in total. The van der Waals surface area contributed by atoms with E-state index in [1.807, 2.05) is 0 Å². The molecule has 0 aromatic rings. The van der Waals surface area contributed by atoms with E-state index in [-0.39, 0.29) is 12.8 Å². The summed E-state index contributed by atoms with van der Waals surface area (Å²) in [5.41, 5.74) is 0. The van der Waals surface area contributed by atoms with Gasteiger partial charge in [-0.2, -0.15) is 0 Å². The predicted octanol–water partition coefficient (Wildman–Crippen LogP) is -0.655. The van der Waals surface area contributed by atoms with Gasteiger partial charge in [0.2, 0.25) is 6.29 Å². The third-order valence-corrected chi connectivity index (χ3v) is 2.04. The second-order valence-corrected chi connectivity index (χ2v) is 2.84. The van der Waals surface area contributed by atoms with Crippen molar-refractivity contribution in [3.05, 3.63) is 0 Å². The lowest BCUT2D eigenvalue weighted by Gasteiger charge is -2.20. The topological polar surface area (TPSA) is 88.5 Å². The van der Waals surface area contributed by atoms with E-state index in [4.69, 9.17) is 5.11 Å². The predicted molar refractivity (Wildman–Crippen MR) is 39.6 cm³/mol. The van der Waals surface area contributed by atoms with Gasteiger partial charge in [0, 0.05) is 12.8 Å². The molecule has 1 radical (unpaired) electrons. The normalized spacial score (nSPS) is 28.6. The molecule has 5 heteroatoms. The van der Waals surface area contributed by atoms with Crippen LogP contribution in [0.2, 0.25) is 0 Å². The van der Waals surface area contributed by atoms with E-state index in [2.05, 4.69) is 0 Å². The van der Waals surface area contributed by atoms with Crippen LogP contribution in [0.4, 0.5) is 0 Å². The molecule has 69 valence electrons. The summed E-state index contributed by atoms with van der Waals surface area (Å²) < 4.78 is 0. The molecule has 2 atom stereocenters. The largest absolute Gasteiger partial charge is 0.481 e. The molecule has 1 aliphatic carbocycles. The summed E-state index contributed by atoms with van der Waals surface area (Å²) in [6.07, 6.45) is 1.17. The third kappa shape index (κ3) is 1.63. The van der Waals surface area contributed by atoms with Gasteiger partial charge in [0.1, 0.15) is 23.4 Å². The SMILES string of the molecule is O=[C]C1C(=O)CCC(=O)C1C(=O)O. The number of hydrogen-bond acceptors (Lipinski definition) is 4. The van der Waals surface area contributed by atoms with Crippen molar-refractivity contribution in [3.8, 4) is 0 Å². The Bertz CT molecular complexity index is 280. The van der Waals surface area contributed by atoms with Crippen LogP contribution in [-0.4, -0.2) is 28.9 Å². The number of rotatable bonds is 2. The van der Waals surface area contributed by atoms with Crippen molar-refractivity contribution in [2.24, 2.45) is 11.8 Å². The number of carboxylic acid groups (broad SMARTS) is 1. The van der Waals surface area contributed by atoms with E-state index < -0.39 is 29.4 Å². The first-order valence-electron chi connectivity index (χ1n) is 3.74. The molecule has 1 fully saturated rings. The lowest BCUT2D eigenvalue weighted by molar-refractivity contribution is -0.152. The average Bonchev–Trinajstić information content (AvgIpc) is 2.07. The Morgan fingerprint density at radius 3 is 2.23 bits per heavy atom. The molecular weight excluding hydrogens is 176 g/mol. The highest BCUT2D eigenvalue weighted by Gasteiger charge is 2.42. The highest BCUT2D eigenvalue weighted by molar-refractivity contribution is 6.11. The van der Waals surface area contributed by atoms with Crippen molar-refractivity contribution in [1.29, 1.82) is 0 Å². The van der Waals surface area contributed by atoms with Crippen LogP contribution >= 0.6 is 0 Å². The lowest BCUT2D eigenvalue weighted by atomic mass is 9.78. The van der Waals surface area contributed by atoms with E-state index in [0.717, 1.165) is 0 Å². The fourth-order valence-corrected chi connectivity index (χ4v) is 1.34. The number of Topliss-reactive ketones (excluding diaryl/α,β-unsaturated/α-hetero) is 2. The minimum Gasteiger partial charge on any atom is -0.481 e. The molecule has 0 amide bonds. The van der Waals surface area contributed by atoms with E-state index in [1.165, 1.54) is 6.29 Å². The maximum Gasteiger partial charge on any atom is 0.315 e. The Morgan fingerprint density at radius 1 is 1.31 bits per heavy atom. The lowest BCUT2D eigenvalue weighted by Crippen LogP contribution is -2.41. The van der Waals surface area contributed by atoms with Gasteiger partial charge in [-0.1, -0.05) is 0 Å². The molecule has 0 heterocycles. The summed E-state index contributed by atoms with van der Waals surface area (Å²) in [4.78, 5) is 42.8. The van der Waals surface area contributed by atoms with Gasteiger partial charge in [-0.3, -0.25) is 19.2 Å². The second kappa shape index (κ2) is 3.47. The minimum absolute atomic E-state index is 0.0531. The Kier molecular flexibility index (Phi) is 2.55. The monoisotopic (exact) mass is 183 g/mol. The molecule has 1 saturated carbocycles. The molecular formula is C8H7O5. The van der Waals surface area contributed by atoms with Crippen LogP contribution in [0.5, 0.6) is 0 Å².